The van der Waals surface area contributed by atoms with Gasteiger partial charge in [-0.15, -0.1) is 10.2 Å². The second-order valence-electron chi connectivity index (χ2n) is 7.30. The zero-order valence-corrected chi connectivity index (χ0v) is 19.3. The van der Waals surface area contributed by atoms with Crippen molar-refractivity contribution in [2.75, 3.05) is 12.5 Å². The second-order valence-corrected chi connectivity index (χ2v) is 8.16. The van der Waals surface area contributed by atoms with Crippen molar-refractivity contribution in [2.24, 2.45) is 5.10 Å². The molecule has 0 fully saturated rings. The molecule has 0 saturated carbocycles. The van der Waals surface area contributed by atoms with Crippen molar-refractivity contribution in [2.45, 2.75) is 39.2 Å². The van der Waals surface area contributed by atoms with E-state index in [-0.39, 0.29) is 0 Å². The first kappa shape index (κ1) is 21.2. The van der Waals surface area contributed by atoms with Crippen LogP contribution in [0.5, 0.6) is 5.75 Å². The van der Waals surface area contributed by atoms with Crippen LogP contribution >= 0.6 is 15.9 Å². The largest absolute Gasteiger partial charge is 0.496 e. The molecule has 0 aliphatic rings. The molecule has 0 saturated heterocycles. The van der Waals surface area contributed by atoms with Crippen LogP contribution in [0.15, 0.2) is 52.0 Å². The standard InChI is InChI=1S/C23H25BrN6O/c1-3-4-5-8-13-30-19-10-7-6-9-17(19)21-22(30)26-23(29-27-21)28-25-15-16-11-12-20(31-2)18(24)14-16/h6-7,9-12,14-15H,3-5,8,13H2,1-2H3,(H,26,28,29)/b25-15+. The van der Waals surface area contributed by atoms with Gasteiger partial charge in [-0.25, -0.2) is 5.43 Å². The maximum atomic E-state index is 5.25. The van der Waals surface area contributed by atoms with Gasteiger partial charge in [0.1, 0.15) is 11.3 Å². The van der Waals surface area contributed by atoms with Crippen LogP contribution in [0.2, 0.25) is 0 Å². The van der Waals surface area contributed by atoms with Gasteiger partial charge in [0.2, 0.25) is 0 Å². The predicted octanol–water partition coefficient (Wildman–Crippen LogP) is 5.78. The Labute approximate surface area is 189 Å². The Kier molecular flexibility index (Phi) is 6.76. The van der Waals surface area contributed by atoms with E-state index in [1.54, 1.807) is 13.3 Å². The number of halogens is 1. The van der Waals surface area contributed by atoms with Gasteiger partial charge in [-0.3, -0.25) is 0 Å². The number of aryl methyl sites for hydroxylation is 1. The van der Waals surface area contributed by atoms with Crippen LogP contribution in [0.3, 0.4) is 0 Å². The van der Waals surface area contributed by atoms with E-state index in [0.29, 0.717) is 5.95 Å². The highest BCUT2D eigenvalue weighted by atomic mass is 79.9. The van der Waals surface area contributed by atoms with E-state index in [2.05, 4.69) is 60.3 Å². The summed E-state index contributed by atoms with van der Waals surface area (Å²) in [6.07, 6.45) is 6.48. The lowest BCUT2D eigenvalue weighted by Crippen LogP contribution is -2.03. The number of nitrogens with one attached hydrogen (secondary N) is 1. The average Bonchev–Trinajstić information content (AvgIpc) is 3.10. The number of para-hydroxylation sites is 1. The number of benzene rings is 2. The maximum Gasteiger partial charge on any atom is 0.265 e. The Morgan fingerprint density at radius 2 is 2.00 bits per heavy atom. The van der Waals surface area contributed by atoms with Gasteiger partial charge in [-0.05, 0) is 52.2 Å². The molecule has 160 valence electrons. The van der Waals surface area contributed by atoms with Gasteiger partial charge >= 0.3 is 0 Å². The average molecular weight is 481 g/mol. The molecule has 0 unspecified atom stereocenters. The normalized spacial score (nSPS) is 11.6. The van der Waals surface area contributed by atoms with Crippen molar-refractivity contribution in [1.82, 2.24) is 19.7 Å². The Morgan fingerprint density at radius 3 is 2.81 bits per heavy atom. The van der Waals surface area contributed by atoms with E-state index in [9.17, 15) is 0 Å². The fourth-order valence-corrected chi connectivity index (χ4v) is 4.16. The quantitative estimate of drug-likeness (QED) is 0.186. The first-order chi connectivity index (χ1) is 15.2. The van der Waals surface area contributed by atoms with Crippen LogP contribution in [-0.2, 0) is 6.54 Å². The molecule has 0 aliphatic carbocycles. The molecular weight excluding hydrogens is 456 g/mol. The number of hydrogen-bond acceptors (Lipinski definition) is 6. The van der Waals surface area contributed by atoms with Crippen molar-refractivity contribution in [1.29, 1.82) is 0 Å². The summed E-state index contributed by atoms with van der Waals surface area (Å²) in [5.41, 5.74) is 6.61. The first-order valence-electron chi connectivity index (χ1n) is 10.5. The molecule has 7 nitrogen and oxygen atoms in total. The number of fused-ring (bicyclic) bond motifs is 3. The minimum absolute atomic E-state index is 0.369. The molecular formula is C23H25BrN6O. The Hall–Kier alpha value is -3.00. The molecule has 0 amide bonds. The minimum Gasteiger partial charge on any atom is -0.496 e. The molecule has 31 heavy (non-hydrogen) atoms. The monoisotopic (exact) mass is 480 g/mol. The summed E-state index contributed by atoms with van der Waals surface area (Å²) in [5.74, 6) is 1.14. The van der Waals surface area contributed by atoms with Crippen LogP contribution in [0.1, 0.15) is 38.2 Å². The van der Waals surface area contributed by atoms with E-state index < -0.39 is 0 Å². The second kappa shape index (κ2) is 9.87. The minimum atomic E-state index is 0.369. The van der Waals surface area contributed by atoms with Gasteiger partial charge in [-0.2, -0.15) is 10.1 Å². The molecule has 0 aliphatic heterocycles. The molecule has 4 aromatic rings. The summed E-state index contributed by atoms with van der Waals surface area (Å²) >= 11 is 3.48. The number of unbranched alkanes of at least 4 members (excludes halogenated alkanes) is 3. The lowest BCUT2D eigenvalue weighted by molar-refractivity contribution is 0.412. The van der Waals surface area contributed by atoms with Gasteiger partial charge in [-0.1, -0.05) is 44.4 Å². The third-order valence-electron chi connectivity index (χ3n) is 5.16. The summed E-state index contributed by atoms with van der Waals surface area (Å²) in [5, 5.41) is 14.0. The summed E-state index contributed by atoms with van der Waals surface area (Å²) in [6.45, 7) is 3.13. The van der Waals surface area contributed by atoms with Crippen LogP contribution in [0.4, 0.5) is 5.95 Å². The van der Waals surface area contributed by atoms with E-state index in [4.69, 9.17) is 9.72 Å². The lowest BCUT2D eigenvalue weighted by Gasteiger charge is -2.06. The van der Waals surface area contributed by atoms with Gasteiger partial charge in [0, 0.05) is 11.9 Å². The fraction of sp³-hybridized carbons (Fsp3) is 0.304. The number of nitrogens with zero attached hydrogens (tertiary/aromatic N) is 5. The van der Waals surface area contributed by atoms with Crippen LogP contribution < -0.4 is 10.2 Å². The van der Waals surface area contributed by atoms with Crippen molar-refractivity contribution >= 4 is 50.2 Å². The smallest absolute Gasteiger partial charge is 0.265 e. The summed E-state index contributed by atoms with van der Waals surface area (Å²) in [7, 11) is 1.64. The van der Waals surface area contributed by atoms with Crippen molar-refractivity contribution in [3.63, 3.8) is 0 Å². The third-order valence-corrected chi connectivity index (χ3v) is 5.78. The zero-order chi connectivity index (χ0) is 21.6. The molecule has 2 aromatic heterocycles. The van der Waals surface area contributed by atoms with E-state index >= 15 is 0 Å². The van der Waals surface area contributed by atoms with Gasteiger partial charge in [0.25, 0.3) is 5.95 Å². The van der Waals surface area contributed by atoms with E-state index in [0.717, 1.165) is 50.8 Å². The molecule has 0 spiro atoms. The number of ether oxygens (including phenoxy) is 1. The van der Waals surface area contributed by atoms with Gasteiger partial charge in [0.15, 0.2) is 5.65 Å². The summed E-state index contributed by atoms with van der Waals surface area (Å²) < 4.78 is 8.36. The zero-order valence-electron chi connectivity index (χ0n) is 17.7. The lowest BCUT2D eigenvalue weighted by atomic mass is 10.2. The topological polar surface area (TPSA) is 77.2 Å². The SMILES string of the molecule is CCCCCCn1c2ccccc2c2nnc(N/N=C/c3ccc(OC)c(Br)c3)nc21. The number of aromatic nitrogens is 4. The van der Waals surface area contributed by atoms with Crippen LogP contribution in [0.25, 0.3) is 22.1 Å². The Morgan fingerprint density at radius 1 is 1.13 bits per heavy atom. The van der Waals surface area contributed by atoms with E-state index in [1.807, 2.05) is 30.3 Å². The molecule has 4 rings (SSSR count). The third kappa shape index (κ3) is 4.69. The number of rotatable bonds is 9. The maximum absolute atomic E-state index is 5.25. The highest BCUT2D eigenvalue weighted by Crippen LogP contribution is 2.27. The molecule has 2 aromatic carbocycles. The number of hydrazone groups is 1. The number of anilines is 1. The molecule has 0 radical (unpaired) electrons. The highest BCUT2D eigenvalue weighted by Gasteiger charge is 2.14. The fourth-order valence-electron chi connectivity index (χ4n) is 3.60. The molecule has 0 bridgehead atoms. The van der Waals surface area contributed by atoms with Gasteiger partial charge < -0.3 is 9.30 Å². The molecule has 1 N–H and O–H groups in total. The molecule has 8 heteroatoms. The summed E-state index contributed by atoms with van der Waals surface area (Å²) in [4.78, 5) is 4.72. The van der Waals surface area contributed by atoms with Crippen LogP contribution in [-0.4, -0.2) is 33.1 Å². The van der Waals surface area contributed by atoms with Crippen molar-refractivity contribution in [3.05, 3.63) is 52.5 Å². The Balaban J connectivity index is 1.59. The predicted molar refractivity (Wildman–Crippen MR) is 129 cm³/mol. The van der Waals surface area contributed by atoms with Crippen molar-refractivity contribution in [3.8, 4) is 5.75 Å². The van der Waals surface area contributed by atoms with Crippen molar-refractivity contribution < 1.29 is 4.74 Å². The molecule has 2 heterocycles. The Bertz CT molecular complexity index is 1220. The van der Waals surface area contributed by atoms with Crippen LogP contribution in [0, 0.1) is 0 Å². The van der Waals surface area contributed by atoms with E-state index in [1.165, 1.54) is 19.3 Å². The first-order valence-corrected chi connectivity index (χ1v) is 11.2. The number of hydrogen-bond donors (Lipinski definition) is 1. The van der Waals surface area contributed by atoms with Gasteiger partial charge in [0.05, 0.1) is 23.3 Å². The summed E-state index contributed by atoms with van der Waals surface area (Å²) in [6, 6.07) is 14.0. The highest BCUT2D eigenvalue weighted by molar-refractivity contribution is 9.10. The number of methoxy groups -OCH3 is 1. The molecule has 0 atom stereocenters.